The van der Waals surface area contributed by atoms with Gasteiger partial charge in [0.05, 0.1) is 29.8 Å². The summed E-state index contributed by atoms with van der Waals surface area (Å²) >= 11 is 6.33. The average Bonchev–Trinajstić information content (AvgIpc) is 3.29. The van der Waals surface area contributed by atoms with Crippen molar-refractivity contribution in [2.45, 2.75) is 17.4 Å². The fourth-order valence-corrected chi connectivity index (χ4v) is 5.52. The Hall–Kier alpha value is -3.27. The van der Waals surface area contributed by atoms with E-state index in [0.717, 1.165) is 25.8 Å². The first kappa shape index (κ1) is 25.8. The predicted octanol–water partition coefficient (Wildman–Crippen LogP) is 4.72. The molecule has 0 aromatic heterocycles. The summed E-state index contributed by atoms with van der Waals surface area (Å²) < 4.78 is 46.7. The Bertz CT molecular complexity index is 1360. The van der Waals surface area contributed by atoms with E-state index in [0.29, 0.717) is 38.9 Å². The maximum absolute atomic E-state index is 13.6. The summed E-state index contributed by atoms with van der Waals surface area (Å²) in [5.74, 6) is 1.04. The first-order valence-corrected chi connectivity index (χ1v) is 13.1. The molecule has 0 saturated carbocycles. The summed E-state index contributed by atoms with van der Waals surface area (Å²) in [5, 5.41) is 0.398. The number of anilines is 1. The molecule has 1 aliphatic rings. The third kappa shape index (κ3) is 5.59. The zero-order chi connectivity index (χ0) is 25.9. The van der Waals surface area contributed by atoms with Crippen LogP contribution in [-0.4, -0.2) is 60.1 Å². The highest BCUT2D eigenvalue weighted by molar-refractivity contribution is 7.92. The van der Waals surface area contributed by atoms with Crippen molar-refractivity contribution in [3.63, 3.8) is 0 Å². The molecule has 0 amide bonds. The van der Waals surface area contributed by atoms with Crippen LogP contribution in [-0.2, 0) is 10.0 Å². The molecule has 3 aromatic rings. The molecular formula is C26H27ClN2O6S. The van der Waals surface area contributed by atoms with E-state index >= 15 is 0 Å². The molecule has 190 valence electrons. The maximum Gasteiger partial charge on any atom is 0.262 e. The summed E-state index contributed by atoms with van der Waals surface area (Å²) in [4.78, 5) is 13.2. The van der Waals surface area contributed by atoms with Gasteiger partial charge in [0.15, 0.2) is 11.5 Å². The number of benzene rings is 3. The van der Waals surface area contributed by atoms with Gasteiger partial charge in [0.25, 0.3) is 10.0 Å². The lowest BCUT2D eigenvalue weighted by atomic mass is 10.0. The topological polar surface area (TPSA) is 94.2 Å². The molecule has 1 aliphatic heterocycles. The molecule has 1 heterocycles. The smallest absolute Gasteiger partial charge is 0.262 e. The van der Waals surface area contributed by atoms with Crippen LogP contribution in [0.15, 0.2) is 59.5 Å². The van der Waals surface area contributed by atoms with Crippen molar-refractivity contribution in [1.82, 2.24) is 4.90 Å². The minimum atomic E-state index is -4.09. The third-order valence-corrected chi connectivity index (χ3v) is 7.69. The van der Waals surface area contributed by atoms with Gasteiger partial charge in [0.2, 0.25) is 0 Å². The van der Waals surface area contributed by atoms with E-state index < -0.39 is 10.0 Å². The average molecular weight is 531 g/mol. The Morgan fingerprint density at radius 1 is 1.00 bits per heavy atom. The standard InChI is InChI=1S/C26H27ClN2O6S/c1-29-11-10-20(15-29)35-23-12-19(8-9-22(23)27)28-36(31,32)26-14-25(34-3)24(33-2)13-21(26)18-6-4-17(16-30)5-7-18/h4-9,12-14,16,20,28H,10-11,15H2,1-3H3/t20-/m1/s1. The summed E-state index contributed by atoms with van der Waals surface area (Å²) in [6.45, 7) is 1.69. The molecule has 36 heavy (non-hydrogen) atoms. The SMILES string of the molecule is COc1cc(-c2ccc(C=O)cc2)c(S(=O)(=O)Nc2ccc(Cl)c(O[C@@H]3CCN(C)C3)c2)cc1OC. The third-order valence-electron chi connectivity index (χ3n) is 5.96. The molecule has 1 saturated heterocycles. The second kappa shape index (κ2) is 10.8. The van der Waals surface area contributed by atoms with Crippen LogP contribution in [0.3, 0.4) is 0 Å². The van der Waals surface area contributed by atoms with Gasteiger partial charge in [-0.05, 0) is 37.2 Å². The number of halogens is 1. The number of methoxy groups -OCH3 is 2. The molecule has 3 aromatic carbocycles. The Labute approximate surface area is 215 Å². The van der Waals surface area contributed by atoms with Crippen molar-refractivity contribution in [3.05, 3.63) is 65.2 Å². The van der Waals surface area contributed by atoms with Crippen molar-refractivity contribution in [2.24, 2.45) is 0 Å². The number of likely N-dealkylation sites (tertiary alicyclic amines) is 1. The number of nitrogens with one attached hydrogen (secondary N) is 1. The molecular weight excluding hydrogens is 504 g/mol. The van der Waals surface area contributed by atoms with Crippen molar-refractivity contribution in [2.75, 3.05) is 39.1 Å². The van der Waals surface area contributed by atoms with Crippen molar-refractivity contribution >= 4 is 33.6 Å². The number of ether oxygens (including phenoxy) is 3. The van der Waals surface area contributed by atoms with Crippen molar-refractivity contribution in [3.8, 4) is 28.4 Å². The number of hydrogen-bond acceptors (Lipinski definition) is 7. The summed E-state index contributed by atoms with van der Waals surface area (Å²) in [6, 6.07) is 14.3. The lowest BCUT2D eigenvalue weighted by Gasteiger charge is -2.18. The van der Waals surface area contributed by atoms with Gasteiger partial charge >= 0.3 is 0 Å². The molecule has 1 atom stereocenters. The molecule has 0 unspecified atom stereocenters. The minimum Gasteiger partial charge on any atom is -0.493 e. The van der Waals surface area contributed by atoms with Gasteiger partial charge in [-0.1, -0.05) is 35.9 Å². The Morgan fingerprint density at radius 3 is 2.31 bits per heavy atom. The van der Waals surface area contributed by atoms with Gasteiger partial charge in [0, 0.05) is 36.3 Å². The van der Waals surface area contributed by atoms with Crippen LogP contribution in [0.4, 0.5) is 5.69 Å². The number of nitrogens with zero attached hydrogens (tertiary/aromatic N) is 1. The van der Waals surface area contributed by atoms with Crippen molar-refractivity contribution in [1.29, 1.82) is 0 Å². The van der Waals surface area contributed by atoms with Gasteiger partial charge in [-0.2, -0.15) is 0 Å². The van der Waals surface area contributed by atoms with Crippen LogP contribution in [0.25, 0.3) is 11.1 Å². The van der Waals surface area contributed by atoms with Crippen LogP contribution in [0, 0.1) is 0 Å². The number of sulfonamides is 1. The van der Waals surface area contributed by atoms with Gasteiger partial charge in [-0.3, -0.25) is 9.52 Å². The van der Waals surface area contributed by atoms with Gasteiger partial charge in [0.1, 0.15) is 18.1 Å². The Morgan fingerprint density at radius 2 is 1.69 bits per heavy atom. The fraction of sp³-hybridized carbons (Fsp3) is 0.269. The van der Waals surface area contributed by atoms with Crippen LogP contribution in [0.5, 0.6) is 17.2 Å². The number of carbonyl (C=O) groups is 1. The second-order valence-corrected chi connectivity index (χ2v) is 10.5. The molecule has 0 bridgehead atoms. The largest absolute Gasteiger partial charge is 0.493 e. The predicted molar refractivity (Wildman–Crippen MR) is 139 cm³/mol. The molecule has 0 radical (unpaired) electrons. The van der Waals surface area contributed by atoms with E-state index in [2.05, 4.69) is 9.62 Å². The Kier molecular flexibility index (Phi) is 7.73. The molecule has 1 N–H and O–H groups in total. The van der Waals surface area contributed by atoms with Crippen molar-refractivity contribution < 1.29 is 27.4 Å². The molecule has 8 nitrogen and oxygen atoms in total. The van der Waals surface area contributed by atoms with Crippen LogP contribution >= 0.6 is 11.6 Å². The van der Waals surface area contributed by atoms with E-state index in [1.54, 1.807) is 48.5 Å². The number of carbonyl (C=O) groups excluding carboxylic acids is 1. The fourth-order valence-electron chi connectivity index (χ4n) is 4.09. The number of aldehydes is 1. The quantitative estimate of drug-likeness (QED) is 0.400. The molecule has 0 spiro atoms. The Balaban J connectivity index is 1.72. The highest BCUT2D eigenvalue weighted by atomic mass is 35.5. The molecule has 0 aliphatic carbocycles. The van der Waals surface area contributed by atoms with E-state index in [-0.39, 0.29) is 16.7 Å². The number of rotatable bonds is 9. The summed E-state index contributed by atoms with van der Waals surface area (Å²) in [5.41, 5.74) is 1.76. The van der Waals surface area contributed by atoms with Crippen LogP contribution in [0.2, 0.25) is 5.02 Å². The molecule has 4 rings (SSSR count). The van der Waals surface area contributed by atoms with E-state index in [1.807, 2.05) is 7.05 Å². The van der Waals surface area contributed by atoms with Crippen LogP contribution in [0.1, 0.15) is 16.8 Å². The van der Waals surface area contributed by atoms with Crippen LogP contribution < -0.4 is 18.9 Å². The highest BCUT2D eigenvalue weighted by Crippen LogP contribution is 2.39. The zero-order valence-corrected chi connectivity index (χ0v) is 21.7. The van der Waals surface area contributed by atoms with E-state index in [1.165, 1.54) is 20.3 Å². The first-order chi connectivity index (χ1) is 17.2. The number of likely N-dealkylation sites (N-methyl/N-ethyl adjacent to an activating group) is 1. The second-order valence-electron chi connectivity index (χ2n) is 8.48. The first-order valence-electron chi connectivity index (χ1n) is 11.2. The summed E-state index contributed by atoms with van der Waals surface area (Å²) in [7, 11) is 0.831. The highest BCUT2D eigenvalue weighted by Gasteiger charge is 2.25. The minimum absolute atomic E-state index is 0.0196. The normalized spacial score (nSPS) is 15.9. The molecule has 10 heteroatoms. The number of hydrogen-bond donors (Lipinski definition) is 1. The summed E-state index contributed by atoms with van der Waals surface area (Å²) in [6.07, 6.45) is 1.56. The monoisotopic (exact) mass is 530 g/mol. The maximum atomic E-state index is 13.6. The lowest BCUT2D eigenvalue weighted by Crippen LogP contribution is -2.21. The van der Waals surface area contributed by atoms with Gasteiger partial charge in [-0.15, -0.1) is 0 Å². The van der Waals surface area contributed by atoms with Gasteiger partial charge < -0.3 is 19.1 Å². The molecule has 1 fully saturated rings. The zero-order valence-electron chi connectivity index (χ0n) is 20.2. The van der Waals surface area contributed by atoms with Gasteiger partial charge in [-0.25, -0.2) is 8.42 Å². The lowest BCUT2D eigenvalue weighted by molar-refractivity contribution is 0.112. The van der Waals surface area contributed by atoms with E-state index in [9.17, 15) is 13.2 Å². The van der Waals surface area contributed by atoms with E-state index in [4.69, 9.17) is 25.8 Å².